The Morgan fingerprint density at radius 2 is 1.76 bits per heavy atom. The zero-order chi connectivity index (χ0) is 15.1. The van der Waals surface area contributed by atoms with Crippen molar-refractivity contribution in [2.24, 2.45) is 0 Å². The molecule has 2 aromatic carbocycles. The van der Waals surface area contributed by atoms with Crippen molar-refractivity contribution in [1.82, 2.24) is 0 Å². The largest absolute Gasteiger partial charge is 0.324 e. The summed E-state index contributed by atoms with van der Waals surface area (Å²) in [6.45, 7) is 4.17. The van der Waals surface area contributed by atoms with Gasteiger partial charge in [-0.2, -0.15) is 0 Å². The lowest BCUT2D eigenvalue weighted by Crippen LogP contribution is -2.14. The monoisotopic (exact) mass is 317 g/mol. The normalized spacial score (nSPS) is 10.4. The molecule has 1 amide bonds. The van der Waals surface area contributed by atoms with Crippen molar-refractivity contribution in [2.45, 2.75) is 23.6 Å². The fourth-order valence-corrected chi connectivity index (χ4v) is 3.28. The van der Waals surface area contributed by atoms with E-state index >= 15 is 0 Å². The molecule has 4 heteroatoms. The van der Waals surface area contributed by atoms with Gasteiger partial charge in [-0.25, -0.2) is 0 Å². The molecule has 0 unspecified atom stereocenters. The third kappa shape index (κ3) is 5.14. The number of para-hydroxylation sites is 1. The molecule has 2 aromatic rings. The number of nitrogens with one attached hydrogen (secondary N) is 1. The maximum atomic E-state index is 12.1. The maximum Gasteiger partial charge on any atom is 0.234 e. The standard InChI is InChI=1S/C17H19NOS2/c1-3-20-16-7-5-4-6-15(16)18-17(19)12-21-14-10-8-13(2)9-11-14/h4-11H,3,12H2,1-2H3,(H,18,19). The van der Waals surface area contributed by atoms with Crippen molar-refractivity contribution in [3.8, 4) is 0 Å². The zero-order valence-electron chi connectivity index (χ0n) is 12.3. The van der Waals surface area contributed by atoms with E-state index in [0.717, 1.165) is 21.2 Å². The van der Waals surface area contributed by atoms with Gasteiger partial charge in [0.15, 0.2) is 0 Å². The molecule has 2 nitrogen and oxygen atoms in total. The second-order valence-corrected chi connectivity index (χ2v) is 6.93. The lowest BCUT2D eigenvalue weighted by molar-refractivity contribution is -0.113. The van der Waals surface area contributed by atoms with Crippen molar-refractivity contribution in [3.63, 3.8) is 0 Å². The summed E-state index contributed by atoms with van der Waals surface area (Å²) in [5.41, 5.74) is 2.13. The molecule has 0 bridgehead atoms. The predicted octanol–water partition coefficient (Wildman–Crippen LogP) is 4.84. The van der Waals surface area contributed by atoms with Gasteiger partial charge in [-0.15, -0.1) is 23.5 Å². The van der Waals surface area contributed by atoms with Gasteiger partial charge >= 0.3 is 0 Å². The van der Waals surface area contributed by atoms with Crippen LogP contribution in [0.3, 0.4) is 0 Å². The molecule has 0 fully saturated rings. The summed E-state index contributed by atoms with van der Waals surface area (Å²) in [4.78, 5) is 14.3. The number of rotatable bonds is 6. The molecule has 2 rings (SSSR count). The SMILES string of the molecule is CCSc1ccccc1NC(=O)CSc1ccc(C)cc1. The first-order valence-electron chi connectivity index (χ1n) is 6.90. The van der Waals surface area contributed by atoms with Crippen LogP contribution in [0.5, 0.6) is 0 Å². The molecule has 0 radical (unpaired) electrons. The minimum Gasteiger partial charge on any atom is -0.324 e. The highest BCUT2D eigenvalue weighted by molar-refractivity contribution is 8.00. The smallest absolute Gasteiger partial charge is 0.234 e. The number of benzene rings is 2. The number of aryl methyl sites for hydroxylation is 1. The molecule has 21 heavy (non-hydrogen) atoms. The second kappa shape index (κ2) is 8.15. The van der Waals surface area contributed by atoms with Crippen LogP contribution in [-0.2, 0) is 4.79 Å². The average Bonchev–Trinajstić information content (AvgIpc) is 2.49. The molecule has 0 aliphatic rings. The zero-order valence-corrected chi connectivity index (χ0v) is 13.9. The van der Waals surface area contributed by atoms with Crippen molar-refractivity contribution in [2.75, 3.05) is 16.8 Å². The predicted molar refractivity (Wildman–Crippen MR) is 93.4 cm³/mol. The number of carbonyl (C=O) groups excluding carboxylic acids is 1. The summed E-state index contributed by atoms with van der Waals surface area (Å²) in [5.74, 6) is 1.45. The Hall–Kier alpha value is -1.39. The Morgan fingerprint density at radius 3 is 2.48 bits per heavy atom. The highest BCUT2D eigenvalue weighted by Gasteiger charge is 2.07. The van der Waals surface area contributed by atoms with Crippen LogP contribution in [0.15, 0.2) is 58.3 Å². The van der Waals surface area contributed by atoms with Crippen LogP contribution in [-0.4, -0.2) is 17.4 Å². The van der Waals surface area contributed by atoms with Gasteiger partial charge in [0.2, 0.25) is 5.91 Å². The van der Waals surface area contributed by atoms with E-state index in [1.165, 1.54) is 5.56 Å². The van der Waals surface area contributed by atoms with E-state index in [2.05, 4.69) is 31.3 Å². The Bertz CT molecular complexity index is 596. The third-order valence-corrected chi connectivity index (χ3v) is 4.82. The Balaban J connectivity index is 1.91. The van der Waals surface area contributed by atoms with Crippen molar-refractivity contribution in [3.05, 3.63) is 54.1 Å². The van der Waals surface area contributed by atoms with Gasteiger partial charge in [0, 0.05) is 9.79 Å². The first-order valence-corrected chi connectivity index (χ1v) is 8.87. The van der Waals surface area contributed by atoms with E-state index < -0.39 is 0 Å². The van der Waals surface area contributed by atoms with Crippen LogP contribution >= 0.6 is 23.5 Å². The van der Waals surface area contributed by atoms with Gasteiger partial charge in [0.1, 0.15) is 0 Å². The van der Waals surface area contributed by atoms with E-state index in [0.29, 0.717) is 5.75 Å². The van der Waals surface area contributed by atoms with E-state index in [9.17, 15) is 4.79 Å². The molecule has 0 heterocycles. The van der Waals surface area contributed by atoms with E-state index in [-0.39, 0.29) is 5.91 Å². The number of hydrogen-bond acceptors (Lipinski definition) is 3. The summed E-state index contributed by atoms with van der Waals surface area (Å²) >= 11 is 3.30. The van der Waals surface area contributed by atoms with Gasteiger partial charge in [-0.1, -0.05) is 36.8 Å². The molecular formula is C17H19NOS2. The molecule has 1 N–H and O–H groups in total. The van der Waals surface area contributed by atoms with Crippen LogP contribution in [0, 0.1) is 6.92 Å². The summed E-state index contributed by atoms with van der Waals surface area (Å²) in [6, 6.07) is 16.2. The van der Waals surface area contributed by atoms with Gasteiger partial charge in [0.05, 0.1) is 11.4 Å². The Kier molecular flexibility index (Phi) is 6.21. The van der Waals surface area contributed by atoms with Crippen molar-refractivity contribution in [1.29, 1.82) is 0 Å². The molecule has 0 saturated carbocycles. The summed E-state index contributed by atoms with van der Waals surface area (Å²) < 4.78 is 0. The molecule has 0 aromatic heterocycles. The average molecular weight is 317 g/mol. The second-order valence-electron chi connectivity index (χ2n) is 4.58. The van der Waals surface area contributed by atoms with Crippen molar-refractivity contribution >= 4 is 35.1 Å². The van der Waals surface area contributed by atoms with Gasteiger partial charge in [0.25, 0.3) is 0 Å². The lowest BCUT2D eigenvalue weighted by atomic mass is 10.2. The molecule has 0 aliphatic carbocycles. The fraction of sp³-hybridized carbons (Fsp3) is 0.235. The van der Waals surface area contributed by atoms with Crippen LogP contribution in [0.25, 0.3) is 0 Å². The maximum absolute atomic E-state index is 12.1. The van der Waals surface area contributed by atoms with E-state index in [1.54, 1.807) is 23.5 Å². The minimum atomic E-state index is 0.0322. The first-order chi connectivity index (χ1) is 10.2. The molecule has 110 valence electrons. The highest BCUT2D eigenvalue weighted by Crippen LogP contribution is 2.27. The van der Waals surface area contributed by atoms with E-state index in [1.807, 2.05) is 36.4 Å². The van der Waals surface area contributed by atoms with Crippen LogP contribution in [0.2, 0.25) is 0 Å². The highest BCUT2D eigenvalue weighted by atomic mass is 32.2. The molecule has 0 aliphatic heterocycles. The quantitative estimate of drug-likeness (QED) is 0.773. The number of thioether (sulfide) groups is 2. The molecule has 0 spiro atoms. The number of hydrogen-bond donors (Lipinski definition) is 1. The van der Waals surface area contributed by atoms with Crippen LogP contribution in [0.4, 0.5) is 5.69 Å². The van der Waals surface area contributed by atoms with Gasteiger partial charge in [-0.3, -0.25) is 4.79 Å². The van der Waals surface area contributed by atoms with Gasteiger partial charge < -0.3 is 5.32 Å². The summed E-state index contributed by atoms with van der Waals surface area (Å²) in [6.07, 6.45) is 0. The Morgan fingerprint density at radius 1 is 1.05 bits per heavy atom. The van der Waals surface area contributed by atoms with Gasteiger partial charge in [-0.05, 0) is 36.9 Å². The number of amides is 1. The Labute approximate surface area is 134 Å². The summed E-state index contributed by atoms with van der Waals surface area (Å²) in [5, 5.41) is 3.00. The van der Waals surface area contributed by atoms with Crippen LogP contribution in [0.1, 0.15) is 12.5 Å². The van der Waals surface area contributed by atoms with E-state index in [4.69, 9.17) is 0 Å². The summed E-state index contributed by atoms with van der Waals surface area (Å²) in [7, 11) is 0. The molecule has 0 atom stereocenters. The molecule has 0 saturated heterocycles. The van der Waals surface area contributed by atoms with Crippen LogP contribution < -0.4 is 5.32 Å². The lowest BCUT2D eigenvalue weighted by Gasteiger charge is -2.10. The minimum absolute atomic E-state index is 0.0322. The number of anilines is 1. The van der Waals surface area contributed by atoms with Crippen molar-refractivity contribution < 1.29 is 4.79 Å². The fourth-order valence-electron chi connectivity index (χ4n) is 1.82. The molecular weight excluding hydrogens is 298 g/mol. The topological polar surface area (TPSA) is 29.1 Å². The number of carbonyl (C=O) groups is 1. The third-order valence-electron chi connectivity index (χ3n) is 2.85. The first kappa shape index (κ1) is 16.0.